The Morgan fingerprint density at radius 1 is 0.939 bits per heavy atom. The lowest BCUT2D eigenvalue weighted by Gasteiger charge is -2.40. The number of para-hydroxylation sites is 1. The molecule has 4 aromatic carbocycles. The molecule has 4 aromatic rings. The minimum absolute atomic E-state index is 0.0184. The minimum Gasteiger partial charge on any atom is -0.506 e. The lowest BCUT2D eigenvalue weighted by atomic mass is 10.0. The van der Waals surface area contributed by atoms with Gasteiger partial charge in [-0.3, -0.25) is 14.9 Å². The summed E-state index contributed by atoms with van der Waals surface area (Å²) in [5.41, 5.74) is 6.33. The number of phenolic OH excluding ortho intramolecular Hbond substituents is 1. The normalized spacial score (nSPS) is 18.8. The maximum atomic E-state index is 13.0. The molecule has 0 aromatic heterocycles. The van der Waals surface area contributed by atoms with Crippen LogP contribution in [0.1, 0.15) is 62.8 Å². The number of likely N-dealkylation sites (tertiary alicyclic amines) is 1. The second kappa shape index (κ2) is 22.0. The minimum atomic E-state index is -2.24. The van der Waals surface area contributed by atoms with Crippen LogP contribution in [0, 0.1) is 11.8 Å². The van der Waals surface area contributed by atoms with Gasteiger partial charge >= 0.3 is 6.09 Å². The zero-order chi connectivity index (χ0) is 46.8. The fourth-order valence-corrected chi connectivity index (χ4v) is 10.3. The van der Waals surface area contributed by atoms with Gasteiger partial charge in [0.05, 0.1) is 31.4 Å². The molecule has 4 N–H and O–H groups in total. The van der Waals surface area contributed by atoms with Crippen LogP contribution >= 0.6 is 0 Å². The van der Waals surface area contributed by atoms with Crippen LogP contribution in [0.15, 0.2) is 91.0 Å². The van der Waals surface area contributed by atoms with E-state index in [0.717, 1.165) is 67.7 Å². The first-order valence-corrected chi connectivity index (χ1v) is 26.5. The molecule has 7 rings (SSSR count). The molecule has 0 spiro atoms. The summed E-state index contributed by atoms with van der Waals surface area (Å²) < 4.78 is 24.6. The number of benzene rings is 4. The van der Waals surface area contributed by atoms with Gasteiger partial charge in [-0.2, -0.15) is 0 Å². The maximum Gasteiger partial charge on any atom is 0.411 e. The van der Waals surface area contributed by atoms with Crippen molar-refractivity contribution in [3.63, 3.8) is 0 Å². The molecule has 2 heterocycles. The topological polar surface area (TPSA) is 151 Å². The number of anilines is 2. The van der Waals surface area contributed by atoms with E-state index in [1.165, 1.54) is 11.1 Å². The first-order valence-electron chi connectivity index (χ1n) is 23.5. The summed E-state index contributed by atoms with van der Waals surface area (Å²) in [5.74, 6) is 1.16. The molecule has 66 heavy (non-hydrogen) atoms. The van der Waals surface area contributed by atoms with Gasteiger partial charge in [0.25, 0.3) is 5.91 Å². The van der Waals surface area contributed by atoms with Crippen LogP contribution in [-0.4, -0.2) is 113 Å². The van der Waals surface area contributed by atoms with Gasteiger partial charge in [-0.25, -0.2) is 4.79 Å². The number of hydrogen-bond acceptors (Lipinski definition) is 10. The predicted molar refractivity (Wildman–Crippen MR) is 261 cm³/mol. The van der Waals surface area contributed by atoms with Crippen molar-refractivity contribution in [3.8, 4) is 22.6 Å². The van der Waals surface area contributed by atoms with E-state index in [1.54, 1.807) is 24.1 Å². The van der Waals surface area contributed by atoms with Crippen molar-refractivity contribution in [3.05, 3.63) is 108 Å². The highest BCUT2D eigenvalue weighted by atomic mass is 28.4. The maximum absolute atomic E-state index is 13.0. The molecular formula is C52H69N5O8Si. The molecule has 1 aliphatic carbocycles. The number of nitrogens with zero attached hydrogens (tertiary/aromatic N) is 2. The summed E-state index contributed by atoms with van der Waals surface area (Å²) in [4.78, 5) is 42.3. The first kappa shape index (κ1) is 48.7. The summed E-state index contributed by atoms with van der Waals surface area (Å²) in [6, 6.07) is 30.0. The van der Waals surface area contributed by atoms with Gasteiger partial charge in [0.15, 0.2) is 20.7 Å². The van der Waals surface area contributed by atoms with Gasteiger partial charge in [-0.05, 0) is 90.5 Å². The zero-order valence-corrected chi connectivity index (χ0v) is 40.6. The fourth-order valence-electron chi connectivity index (χ4n) is 9.03. The van der Waals surface area contributed by atoms with Crippen LogP contribution in [0.5, 0.6) is 11.5 Å². The third-order valence-corrected chi connectivity index (χ3v) is 18.2. The van der Waals surface area contributed by atoms with Crippen molar-refractivity contribution >= 4 is 37.6 Å². The number of ether oxygens (including phenoxy) is 3. The van der Waals surface area contributed by atoms with E-state index in [4.69, 9.17) is 18.6 Å². The molecule has 13 nitrogen and oxygen atoms in total. The van der Waals surface area contributed by atoms with Crippen LogP contribution in [0.4, 0.5) is 16.2 Å². The Kier molecular flexibility index (Phi) is 16.2. The van der Waals surface area contributed by atoms with Gasteiger partial charge in [-0.15, -0.1) is 0 Å². The number of aromatic hydroxyl groups is 1. The van der Waals surface area contributed by atoms with Gasteiger partial charge in [0.1, 0.15) is 17.5 Å². The van der Waals surface area contributed by atoms with E-state index in [1.807, 2.05) is 54.6 Å². The van der Waals surface area contributed by atoms with Gasteiger partial charge in [0.2, 0.25) is 5.91 Å². The highest BCUT2D eigenvalue weighted by Gasteiger charge is 2.43. The SMILES string of the molecule is CN(CCNC[C@H](O[Si](C)(C)C(C)(C)C)c1ccc(O)c2c1OCC(=O)N2)C(=O)CCOCCc1cccc(CCN2C[C@H]3CC(OC(=O)Nc4ccccc4-c4ccccc4)C[C@H]3C2)c1. The number of carbonyl (C=O) groups excluding carboxylic acids is 3. The van der Waals surface area contributed by atoms with E-state index < -0.39 is 14.4 Å². The van der Waals surface area contributed by atoms with Gasteiger partial charge in [-0.1, -0.05) is 93.6 Å². The largest absolute Gasteiger partial charge is 0.506 e. The quantitative estimate of drug-likeness (QED) is 0.0386. The number of phenols is 1. The molecule has 354 valence electrons. The number of hydrogen-bond donors (Lipinski definition) is 4. The summed E-state index contributed by atoms with van der Waals surface area (Å²) in [6.45, 7) is 16.3. The van der Waals surface area contributed by atoms with Crippen LogP contribution < -0.4 is 20.7 Å². The van der Waals surface area contributed by atoms with E-state index in [9.17, 15) is 19.5 Å². The van der Waals surface area contributed by atoms with Crippen LogP contribution in [0.3, 0.4) is 0 Å². The van der Waals surface area contributed by atoms with Crippen molar-refractivity contribution in [2.75, 3.05) is 76.8 Å². The molecule has 3 amide bonds. The molecule has 2 aliphatic heterocycles. The molecule has 2 fully saturated rings. The highest BCUT2D eigenvalue weighted by molar-refractivity contribution is 6.74. The molecule has 0 radical (unpaired) electrons. The van der Waals surface area contributed by atoms with Crippen molar-refractivity contribution in [2.45, 2.75) is 83.2 Å². The lowest BCUT2D eigenvalue weighted by molar-refractivity contribution is -0.131. The summed E-state index contributed by atoms with van der Waals surface area (Å²) in [5, 5.41) is 19.6. The Morgan fingerprint density at radius 2 is 1.65 bits per heavy atom. The van der Waals surface area contributed by atoms with Crippen LogP contribution in [-0.2, 0) is 36.3 Å². The standard InChI is InChI=1S/C52H69N5O8Si/c1-52(2,3)66(5,6)65-46(43-19-20-45(58)49-50(43)63-35-47(59)55-49)32-53-24-26-56(4)48(60)23-28-62-27-22-37-14-12-13-36(29-37)21-25-57-33-39-30-41(31-40(39)34-57)64-51(61)54-44-18-11-10-17-42(44)38-15-8-7-9-16-38/h7-20,29,39-41,46,53,58H,21-28,30-35H2,1-6H3,(H,54,61)(H,55,59)/t39-,40+,41?,46-/m0/s1. The summed E-state index contributed by atoms with van der Waals surface area (Å²) >= 11 is 0. The zero-order valence-electron chi connectivity index (χ0n) is 39.6. The second-order valence-corrected chi connectivity index (χ2v) is 24.4. The Labute approximate surface area is 391 Å². The third-order valence-electron chi connectivity index (χ3n) is 13.8. The van der Waals surface area contributed by atoms with E-state index >= 15 is 0 Å². The van der Waals surface area contributed by atoms with E-state index in [2.05, 4.69) is 79.0 Å². The number of nitrogens with one attached hydrogen (secondary N) is 3. The molecule has 14 heteroatoms. The number of amides is 3. The Balaban J connectivity index is 0.775. The molecular weight excluding hydrogens is 851 g/mol. The molecule has 1 unspecified atom stereocenters. The van der Waals surface area contributed by atoms with Crippen LogP contribution in [0.25, 0.3) is 11.1 Å². The number of fused-ring (bicyclic) bond motifs is 2. The average Bonchev–Trinajstić information content (AvgIpc) is 3.85. The smallest absolute Gasteiger partial charge is 0.411 e. The summed E-state index contributed by atoms with van der Waals surface area (Å²) in [7, 11) is -0.434. The van der Waals surface area contributed by atoms with Gasteiger partial charge in [0, 0.05) is 57.4 Å². The third kappa shape index (κ3) is 12.8. The molecule has 0 bridgehead atoms. The number of carbonyl (C=O) groups is 3. The summed E-state index contributed by atoms with van der Waals surface area (Å²) in [6.07, 6.45) is 3.03. The predicted octanol–water partition coefficient (Wildman–Crippen LogP) is 8.65. The van der Waals surface area contributed by atoms with Crippen molar-refractivity contribution in [2.24, 2.45) is 11.8 Å². The molecule has 1 saturated heterocycles. The van der Waals surface area contributed by atoms with E-state index in [-0.39, 0.29) is 47.1 Å². The molecule has 4 atom stereocenters. The second-order valence-electron chi connectivity index (χ2n) is 19.6. The Hall–Kier alpha value is -5.25. The number of likely N-dealkylation sites (N-methyl/N-ethyl adjacent to an activating group) is 1. The molecule has 3 aliphatic rings. The lowest BCUT2D eigenvalue weighted by Crippen LogP contribution is -2.44. The van der Waals surface area contributed by atoms with Crippen molar-refractivity contribution in [1.29, 1.82) is 0 Å². The highest BCUT2D eigenvalue weighted by Crippen LogP contribution is 2.46. The average molecular weight is 920 g/mol. The van der Waals surface area contributed by atoms with E-state index in [0.29, 0.717) is 56.9 Å². The Bertz CT molecular complexity index is 2270. The van der Waals surface area contributed by atoms with Crippen LogP contribution in [0.2, 0.25) is 18.1 Å². The first-order chi connectivity index (χ1) is 31.6. The number of rotatable bonds is 20. The molecule has 1 saturated carbocycles. The van der Waals surface area contributed by atoms with Gasteiger partial charge < -0.3 is 44.2 Å². The Morgan fingerprint density at radius 3 is 2.39 bits per heavy atom. The van der Waals surface area contributed by atoms with Crippen molar-refractivity contribution < 1.29 is 38.1 Å². The monoisotopic (exact) mass is 919 g/mol. The fraction of sp³-hybridized carbons (Fsp3) is 0.481. The van der Waals surface area contributed by atoms with Crippen molar-refractivity contribution in [1.82, 2.24) is 15.1 Å².